The Labute approximate surface area is 135 Å². The van der Waals surface area contributed by atoms with Gasteiger partial charge in [0.15, 0.2) is 5.58 Å². The lowest BCUT2D eigenvalue weighted by molar-refractivity contribution is -0.132. The van der Waals surface area contributed by atoms with Gasteiger partial charge in [0.1, 0.15) is 5.69 Å². The fraction of sp³-hybridized carbons (Fsp3) is 0.444. The summed E-state index contributed by atoms with van der Waals surface area (Å²) in [5, 5.41) is 4.97. The Morgan fingerprint density at radius 1 is 1.39 bits per heavy atom. The van der Waals surface area contributed by atoms with E-state index in [1.807, 2.05) is 29.2 Å². The first-order valence-corrected chi connectivity index (χ1v) is 8.07. The number of likely N-dealkylation sites (tertiary alicyclic amines) is 1. The molecule has 0 unspecified atom stereocenters. The average Bonchev–Trinajstić information content (AvgIpc) is 2.99. The second-order valence-electron chi connectivity index (χ2n) is 5.95. The third-order valence-corrected chi connectivity index (χ3v) is 4.33. The van der Waals surface area contributed by atoms with Crippen molar-refractivity contribution in [2.45, 2.75) is 19.3 Å². The number of fused-ring (bicyclic) bond motifs is 1. The molecule has 1 aromatic carbocycles. The lowest BCUT2D eigenvalue weighted by Crippen LogP contribution is -2.40. The van der Waals surface area contributed by atoms with Crippen molar-refractivity contribution in [3.63, 3.8) is 0 Å². The molecular formula is C18H22N2O3. The molecule has 0 spiro atoms. The normalized spacial score (nSPS) is 15.9. The minimum absolute atomic E-state index is 0.120. The molecule has 3 rings (SSSR count). The second-order valence-corrected chi connectivity index (χ2v) is 5.95. The van der Waals surface area contributed by atoms with Gasteiger partial charge < -0.3 is 14.2 Å². The largest absolute Gasteiger partial charge is 0.377 e. The first-order chi connectivity index (χ1) is 11.3. The van der Waals surface area contributed by atoms with Gasteiger partial charge >= 0.3 is 0 Å². The second kappa shape index (κ2) is 7.42. The molecular weight excluding hydrogens is 292 g/mol. The van der Waals surface area contributed by atoms with Crippen LogP contribution in [0.2, 0.25) is 0 Å². The van der Waals surface area contributed by atoms with E-state index in [1.165, 1.54) is 0 Å². The van der Waals surface area contributed by atoms with Crippen LogP contribution in [0.3, 0.4) is 0 Å². The van der Waals surface area contributed by atoms with Crippen molar-refractivity contribution in [1.82, 2.24) is 10.1 Å². The predicted octanol–water partition coefficient (Wildman–Crippen LogP) is 2.81. The molecule has 1 saturated heterocycles. The monoisotopic (exact) mass is 314 g/mol. The zero-order chi connectivity index (χ0) is 16.1. The molecule has 23 heavy (non-hydrogen) atoms. The number of carbonyl (C=O) groups is 1. The van der Waals surface area contributed by atoms with Crippen LogP contribution < -0.4 is 0 Å². The Bertz CT molecular complexity index is 672. The quantitative estimate of drug-likeness (QED) is 0.608. The van der Waals surface area contributed by atoms with E-state index in [0.717, 1.165) is 49.2 Å². The zero-order valence-corrected chi connectivity index (χ0v) is 13.2. The summed E-state index contributed by atoms with van der Waals surface area (Å²) >= 11 is 0. The van der Waals surface area contributed by atoms with Crippen LogP contribution in [-0.4, -0.2) is 42.3 Å². The summed E-state index contributed by atoms with van der Waals surface area (Å²) in [6, 6.07) is 7.64. The molecule has 1 fully saturated rings. The van der Waals surface area contributed by atoms with Gasteiger partial charge in [-0.25, -0.2) is 0 Å². The van der Waals surface area contributed by atoms with Gasteiger partial charge in [0.05, 0.1) is 13.0 Å². The molecule has 1 amide bonds. The molecule has 1 aliphatic rings. The van der Waals surface area contributed by atoms with Gasteiger partial charge in [0.2, 0.25) is 5.91 Å². The summed E-state index contributed by atoms with van der Waals surface area (Å²) in [4.78, 5) is 14.4. The number of carbonyl (C=O) groups excluding carboxylic acids is 1. The lowest BCUT2D eigenvalue weighted by atomic mass is 9.97. The van der Waals surface area contributed by atoms with Crippen LogP contribution in [0, 0.1) is 5.92 Å². The summed E-state index contributed by atoms with van der Waals surface area (Å²) in [6.07, 6.45) is 4.04. The maximum atomic E-state index is 12.5. The molecule has 0 saturated carbocycles. The van der Waals surface area contributed by atoms with Crippen LogP contribution in [0.4, 0.5) is 0 Å². The van der Waals surface area contributed by atoms with Crippen molar-refractivity contribution in [2.24, 2.45) is 5.92 Å². The van der Waals surface area contributed by atoms with Crippen molar-refractivity contribution >= 4 is 16.9 Å². The number of piperidine rings is 1. The number of para-hydroxylation sites is 1. The molecule has 1 aromatic heterocycles. The van der Waals surface area contributed by atoms with Gasteiger partial charge in [-0.3, -0.25) is 4.79 Å². The third-order valence-electron chi connectivity index (χ3n) is 4.33. The Kier molecular flexibility index (Phi) is 5.08. The van der Waals surface area contributed by atoms with Gasteiger partial charge in [-0.1, -0.05) is 23.4 Å². The van der Waals surface area contributed by atoms with E-state index in [0.29, 0.717) is 18.9 Å². The van der Waals surface area contributed by atoms with Crippen molar-refractivity contribution < 1.29 is 14.1 Å². The summed E-state index contributed by atoms with van der Waals surface area (Å²) < 4.78 is 10.8. The summed E-state index contributed by atoms with van der Waals surface area (Å²) in [7, 11) is 0. The van der Waals surface area contributed by atoms with E-state index >= 15 is 0 Å². The van der Waals surface area contributed by atoms with Crippen LogP contribution in [0.1, 0.15) is 18.5 Å². The maximum absolute atomic E-state index is 12.5. The molecule has 5 heteroatoms. The van der Waals surface area contributed by atoms with Crippen molar-refractivity contribution in [1.29, 1.82) is 0 Å². The molecule has 0 atom stereocenters. The average molecular weight is 314 g/mol. The highest BCUT2D eigenvalue weighted by molar-refractivity contribution is 5.86. The van der Waals surface area contributed by atoms with Crippen molar-refractivity contribution in [2.75, 3.05) is 26.3 Å². The fourth-order valence-electron chi connectivity index (χ4n) is 2.99. The third kappa shape index (κ3) is 3.79. The minimum Gasteiger partial charge on any atom is -0.377 e. The Balaban J connectivity index is 1.52. The van der Waals surface area contributed by atoms with Gasteiger partial charge in [-0.15, -0.1) is 6.58 Å². The topological polar surface area (TPSA) is 55.6 Å². The number of rotatable bonds is 6. The van der Waals surface area contributed by atoms with Crippen LogP contribution >= 0.6 is 0 Å². The van der Waals surface area contributed by atoms with E-state index in [1.54, 1.807) is 6.08 Å². The predicted molar refractivity (Wildman–Crippen MR) is 88.0 cm³/mol. The van der Waals surface area contributed by atoms with Gasteiger partial charge in [0.25, 0.3) is 0 Å². The van der Waals surface area contributed by atoms with Crippen LogP contribution in [-0.2, 0) is 16.0 Å². The van der Waals surface area contributed by atoms with Crippen LogP contribution in [0.5, 0.6) is 0 Å². The Hall–Kier alpha value is -2.14. The van der Waals surface area contributed by atoms with Gasteiger partial charge in [-0.05, 0) is 30.9 Å². The molecule has 0 bridgehead atoms. The van der Waals surface area contributed by atoms with E-state index in [-0.39, 0.29) is 5.91 Å². The molecule has 2 heterocycles. The number of aromatic nitrogens is 1. The molecule has 0 aliphatic carbocycles. The summed E-state index contributed by atoms with van der Waals surface area (Å²) in [5.74, 6) is 0.654. The van der Waals surface area contributed by atoms with Gasteiger partial charge in [-0.2, -0.15) is 0 Å². The fourth-order valence-corrected chi connectivity index (χ4v) is 2.99. The number of nitrogens with zero attached hydrogens (tertiary/aromatic N) is 2. The maximum Gasteiger partial charge on any atom is 0.228 e. The molecule has 2 aromatic rings. The number of benzene rings is 1. The first kappa shape index (κ1) is 15.7. The highest BCUT2D eigenvalue weighted by Crippen LogP contribution is 2.21. The van der Waals surface area contributed by atoms with Crippen molar-refractivity contribution in [3.8, 4) is 0 Å². The Morgan fingerprint density at radius 2 is 2.17 bits per heavy atom. The van der Waals surface area contributed by atoms with E-state index in [4.69, 9.17) is 9.26 Å². The van der Waals surface area contributed by atoms with Gasteiger partial charge in [0, 0.05) is 25.1 Å². The van der Waals surface area contributed by atoms with E-state index in [2.05, 4.69) is 11.7 Å². The SMILES string of the molecule is C=CCOCC1CCN(C(=O)Cc2noc3ccccc23)CC1. The zero-order valence-electron chi connectivity index (χ0n) is 13.2. The molecule has 0 radical (unpaired) electrons. The number of ether oxygens (including phenoxy) is 1. The molecule has 122 valence electrons. The molecule has 1 aliphatic heterocycles. The van der Waals surface area contributed by atoms with E-state index in [9.17, 15) is 4.79 Å². The van der Waals surface area contributed by atoms with Crippen LogP contribution in [0.25, 0.3) is 11.0 Å². The standard InChI is InChI=1S/C18H22N2O3/c1-2-11-22-13-14-7-9-20(10-8-14)18(21)12-16-15-5-3-4-6-17(15)23-19-16/h2-6,14H,1,7-13H2. The lowest BCUT2D eigenvalue weighted by Gasteiger charge is -2.31. The molecule has 5 nitrogen and oxygen atoms in total. The Morgan fingerprint density at radius 3 is 2.96 bits per heavy atom. The number of amides is 1. The van der Waals surface area contributed by atoms with Crippen LogP contribution in [0.15, 0.2) is 41.4 Å². The number of hydrogen-bond donors (Lipinski definition) is 0. The summed E-state index contributed by atoms with van der Waals surface area (Å²) in [5.41, 5.74) is 1.45. The smallest absolute Gasteiger partial charge is 0.228 e. The van der Waals surface area contributed by atoms with E-state index < -0.39 is 0 Å². The molecule has 0 N–H and O–H groups in total. The summed E-state index contributed by atoms with van der Waals surface area (Å²) in [6.45, 7) is 6.57. The van der Waals surface area contributed by atoms with Crippen molar-refractivity contribution in [3.05, 3.63) is 42.6 Å². The number of hydrogen-bond acceptors (Lipinski definition) is 4. The highest BCUT2D eigenvalue weighted by Gasteiger charge is 2.24. The highest BCUT2D eigenvalue weighted by atomic mass is 16.5. The minimum atomic E-state index is 0.120. The first-order valence-electron chi connectivity index (χ1n) is 8.07.